The normalized spacial score (nSPS) is 15.4. The van der Waals surface area contributed by atoms with Crippen molar-refractivity contribution < 1.29 is 18.3 Å². The van der Waals surface area contributed by atoms with Crippen LogP contribution in [0, 0.1) is 5.82 Å². The van der Waals surface area contributed by atoms with Gasteiger partial charge in [-0.15, -0.1) is 0 Å². The number of fused-ring (bicyclic) bond motifs is 1. The Kier molecular flexibility index (Phi) is 4.97. The predicted molar refractivity (Wildman–Crippen MR) is 95.4 cm³/mol. The number of rotatable bonds is 8. The van der Waals surface area contributed by atoms with Gasteiger partial charge in [0.2, 0.25) is 11.5 Å². The average Bonchev–Trinajstić information content (AvgIpc) is 3.25. The summed E-state index contributed by atoms with van der Waals surface area (Å²) >= 11 is 1.77. The zero-order chi connectivity index (χ0) is 18.8. The molecule has 2 aromatic heterocycles. The van der Waals surface area contributed by atoms with Crippen LogP contribution >= 0.6 is 11.8 Å². The lowest BCUT2D eigenvalue weighted by Gasteiger charge is -2.30. The highest BCUT2D eigenvalue weighted by molar-refractivity contribution is 7.98. The molecule has 0 amide bonds. The average molecular weight is 392 g/mol. The molecule has 2 heterocycles. The second-order valence-corrected chi connectivity index (χ2v) is 7.16. The van der Waals surface area contributed by atoms with Gasteiger partial charge in [0.15, 0.2) is 0 Å². The van der Waals surface area contributed by atoms with Crippen molar-refractivity contribution in [2.24, 2.45) is 0 Å². The molecule has 1 aliphatic carbocycles. The van der Waals surface area contributed by atoms with E-state index in [4.69, 9.17) is 13.9 Å². The Hall–Kier alpha value is -2.62. The lowest BCUT2D eigenvalue weighted by molar-refractivity contribution is 0.252. The molecule has 0 bridgehead atoms. The van der Waals surface area contributed by atoms with E-state index in [9.17, 15) is 9.18 Å². The minimum atomic E-state index is -0.654. The number of hydrogen-bond acceptors (Lipinski definition) is 8. The first-order chi connectivity index (χ1) is 13.2. The summed E-state index contributed by atoms with van der Waals surface area (Å²) in [6, 6.07) is 4.14. The minimum Gasteiger partial charge on any atom is -0.474 e. The smallest absolute Gasteiger partial charge is 0.442 e. The highest BCUT2D eigenvalue weighted by atomic mass is 32.2. The van der Waals surface area contributed by atoms with E-state index >= 15 is 0 Å². The predicted octanol–water partition coefficient (Wildman–Crippen LogP) is 2.69. The van der Waals surface area contributed by atoms with Gasteiger partial charge < -0.3 is 4.74 Å². The van der Waals surface area contributed by atoms with Crippen LogP contribution in [0.3, 0.4) is 0 Å². The first kappa shape index (κ1) is 17.8. The van der Waals surface area contributed by atoms with Crippen molar-refractivity contribution in [2.75, 3.05) is 18.6 Å². The van der Waals surface area contributed by atoms with E-state index in [2.05, 4.69) is 21.7 Å². The lowest BCUT2D eigenvalue weighted by Crippen LogP contribution is -2.31. The summed E-state index contributed by atoms with van der Waals surface area (Å²) in [5, 5.41) is 11.4. The molecule has 3 aromatic rings. The fourth-order valence-electron chi connectivity index (χ4n) is 3.10. The molecule has 27 heavy (non-hydrogen) atoms. The first-order valence-electron chi connectivity index (χ1n) is 8.50. The van der Waals surface area contributed by atoms with E-state index in [0.29, 0.717) is 13.0 Å². The van der Waals surface area contributed by atoms with E-state index in [-0.39, 0.29) is 29.3 Å². The molecule has 1 atom stereocenters. The zero-order valence-corrected chi connectivity index (χ0v) is 15.4. The van der Waals surface area contributed by atoms with E-state index in [1.807, 2.05) is 0 Å². The van der Waals surface area contributed by atoms with E-state index in [1.54, 1.807) is 17.8 Å². The Morgan fingerprint density at radius 2 is 2.22 bits per heavy atom. The van der Waals surface area contributed by atoms with Gasteiger partial charge in [0.25, 0.3) is 5.88 Å². The van der Waals surface area contributed by atoms with Gasteiger partial charge in [-0.1, -0.05) is 11.2 Å². The Labute approximate surface area is 157 Å². The van der Waals surface area contributed by atoms with E-state index in [0.717, 1.165) is 29.7 Å². The fourth-order valence-corrected chi connectivity index (χ4v) is 3.59. The fraction of sp³-hybridized carbons (Fsp3) is 0.412. The summed E-state index contributed by atoms with van der Waals surface area (Å²) in [5.41, 5.74) is 1.89. The van der Waals surface area contributed by atoms with Gasteiger partial charge >= 0.3 is 5.76 Å². The van der Waals surface area contributed by atoms with E-state index in [1.165, 1.54) is 16.7 Å². The first-order valence-corrected chi connectivity index (χ1v) is 9.89. The number of nitrogens with zero attached hydrogens (tertiary/aromatic N) is 4. The third kappa shape index (κ3) is 3.36. The maximum Gasteiger partial charge on any atom is 0.442 e. The third-order valence-electron chi connectivity index (χ3n) is 4.48. The van der Waals surface area contributed by atoms with Crippen LogP contribution in [-0.4, -0.2) is 38.7 Å². The highest BCUT2D eigenvalue weighted by Gasteiger charge is 2.34. The summed E-state index contributed by atoms with van der Waals surface area (Å²) in [6.07, 6.45) is 4.49. The van der Waals surface area contributed by atoms with Crippen LogP contribution in [-0.2, 0) is 6.42 Å². The quantitative estimate of drug-likeness (QED) is 0.540. The molecule has 142 valence electrons. The highest BCUT2D eigenvalue weighted by Crippen LogP contribution is 2.38. The molecule has 0 saturated heterocycles. The monoisotopic (exact) mass is 392 g/mol. The van der Waals surface area contributed by atoms with Gasteiger partial charge in [-0.25, -0.2) is 18.4 Å². The maximum atomic E-state index is 13.6. The van der Waals surface area contributed by atoms with Crippen molar-refractivity contribution in [2.45, 2.75) is 25.3 Å². The van der Waals surface area contributed by atoms with E-state index < -0.39 is 5.76 Å². The molecule has 0 aliphatic heterocycles. The molecule has 1 aliphatic rings. The van der Waals surface area contributed by atoms with Crippen LogP contribution in [0.4, 0.5) is 4.39 Å². The van der Waals surface area contributed by atoms with Crippen molar-refractivity contribution in [3.63, 3.8) is 0 Å². The maximum absolute atomic E-state index is 13.6. The molecule has 0 saturated carbocycles. The molecule has 0 N–H and O–H groups in total. The van der Waals surface area contributed by atoms with Gasteiger partial charge in [-0.05, 0) is 64.8 Å². The molecule has 1 aromatic carbocycles. The molecule has 4 rings (SSSR count). The molecule has 1 unspecified atom stereocenters. The van der Waals surface area contributed by atoms with Crippen LogP contribution in [0.5, 0.6) is 5.88 Å². The summed E-state index contributed by atoms with van der Waals surface area (Å²) in [7, 11) is 0. The molecule has 8 nitrogen and oxygen atoms in total. The second kappa shape index (κ2) is 7.55. The Balaban J connectivity index is 1.59. The molecule has 0 fully saturated rings. The third-order valence-corrected chi connectivity index (χ3v) is 5.18. The largest absolute Gasteiger partial charge is 0.474 e. The van der Waals surface area contributed by atoms with Crippen molar-refractivity contribution in [3.05, 3.63) is 45.7 Å². The van der Waals surface area contributed by atoms with Crippen molar-refractivity contribution in [1.29, 1.82) is 0 Å². The van der Waals surface area contributed by atoms with Crippen molar-refractivity contribution >= 4 is 11.8 Å². The number of ether oxygens (including phenoxy) is 1. The lowest BCUT2D eigenvalue weighted by atomic mass is 9.83. The number of benzene rings is 1. The van der Waals surface area contributed by atoms with Gasteiger partial charge in [0.05, 0.1) is 12.6 Å². The van der Waals surface area contributed by atoms with Crippen molar-refractivity contribution in [3.8, 4) is 17.4 Å². The Bertz CT molecular complexity index is 999. The van der Waals surface area contributed by atoms with Gasteiger partial charge in [-0.3, -0.25) is 4.52 Å². The van der Waals surface area contributed by atoms with Crippen LogP contribution in [0.2, 0.25) is 0 Å². The van der Waals surface area contributed by atoms with Gasteiger partial charge in [0, 0.05) is 0 Å². The molecule has 10 heteroatoms. The molecular weight excluding hydrogens is 375 g/mol. The zero-order valence-electron chi connectivity index (χ0n) is 14.6. The van der Waals surface area contributed by atoms with Crippen LogP contribution in [0.1, 0.15) is 30.0 Å². The summed E-state index contributed by atoms with van der Waals surface area (Å²) in [4.78, 5) is 12.2. The molecule has 0 radical (unpaired) electrons. The number of hydrogen-bond donors (Lipinski definition) is 0. The van der Waals surface area contributed by atoms with Crippen LogP contribution in [0.15, 0.2) is 32.1 Å². The topological polar surface area (TPSA) is 96.2 Å². The Morgan fingerprint density at radius 3 is 3.07 bits per heavy atom. The molecular formula is C17H17FN4O4S. The summed E-state index contributed by atoms with van der Waals surface area (Å²) < 4.78 is 30.1. The number of thioether (sulfide) groups is 1. The molecule has 0 spiro atoms. The number of halogens is 1. The second-order valence-electron chi connectivity index (χ2n) is 6.17. The van der Waals surface area contributed by atoms with Crippen molar-refractivity contribution in [1.82, 2.24) is 20.0 Å². The van der Waals surface area contributed by atoms with Crippen LogP contribution < -0.4 is 10.5 Å². The number of unbranched alkanes of at least 4 members (excludes halogenated alkanes) is 1. The SMILES string of the molecule is CSCCCCOc1nonc1-c1noc(=O)n1C1Cc2ccc(F)cc21. The van der Waals surface area contributed by atoms with Crippen LogP contribution in [0.25, 0.3) is 11.5 Å². The van der Waals surface area contributed by atoms with Gasteiger partial charge in [0.1, 0.15) is 5.82 Å². The van der Waals surface area contributed by atoms with Gasteiger partial charge in [-0.2, -0.15) is 11.8 Å². The number of aromatic nitrogens is 4. The Morgan fingerprint density at radius 1 is 1.33 bits per heavy atom. The minimum absolute atomic E-state index is 0.153. The standard InChI is InChI=1S/C17H17FN4O4S/c1-27-7-3-2-6-24-16-14(19-26-21-16)15-20-25-17(23)22(15)13-8-10-4-5-11(18)9-12(10)13/h4-5,9,13H,2-3,6-8H2,1H3. The summed E-state index contributed by atoms with van der Waals surface area (Å²) in [5.74, 6) is 0.342. The summed E-state index contributed by atoms with van der Waals surface area (Å²) in [6.45, 7) is 0.446.